The molecule has 9 heteroatoms. The quantitative estimate of drug-likeness (QED) is 0.175. The fourth-order valence-electron chi connectivity index (χ4n) is 3.87. The standard InChI is InChI=1S/C29H26Br2N4O3/c1-3-5-10-28-34-25-12-11-22(30)14-23(25)29(36)35(28)33-17-21-13-26(37-4-2)27(15-24(21)31)38-18-20-9-7-6-8-19(20)16-32/h6-9,11-15,17H,3-5,10,18H2,1-2H3. The van der Waals surface area contributed by atoms with E-state index in [2.05, 4.69) is 50.0 Å². The molecule has 0 spiro atoms. The predicted octanol–water partition coefficient (Wildman–Crippen LogP) is 7.00. The number of nitriles is 1. The van der Waals surface area contributed by atoms with Crippen LogP contribution in [0.25, 0.3) is 10.9 Å². The van der Waals surface area contributed by atoms with Gasteiger partial charge in [0.1, 0.15) is 12.4 Å². The lowest BCUT2D eigenvalue weighted by Gasteiger charge is -2.14. The summed E-state index contributed by atoms with van der Waals surface area (Å²) in [5.74, 6) is 1.67. The van der Waals surface area contributed by atoms with Gasteiger partial charge in [-0.05, 0) is 65.7 Å². The van der Waals surface area contributed by atoms with Gasteiger partial charge in [0.2, 0.25) is 0 Å². The molecule has 0 radical (unpaired) electrons. The Kier molecular flexibility index (Phi) is 9.32. The van der Waals surface area contributed by atoms with E-state index in [0.717, 1.165) is 22.9 Å². The van der Waals surface area contributed by atoms with Crippen LogP contribution >= 0.6 is 31.9 Å². The fraction of sp³-hybridized carbons (Fsp3) is 0.241. The minimum Gasteiger partial charge on any atom is -0.490 e. The first-order valence-corrected chi connectivity index (χ1v) is 13.9. The second kappa shape index (κ2) is 12.9. The number of ether oxygens (including phenoxy) is 2. The van der Waals surface area contributed by atoms with Crippen molar-refractivity contribution in [3.8, 4) is 17.6 Å². The first-order valence-electron chi connectivity index (χ1n) is 12.3. The number of unbranched alkanes of at least 4 members (excludes halogenated alkanes) is 1. The van der Waals surface area contributed by atoms with Crippen LogP contribution in [-0.2, 0) is 13.0 Å². The molecule has 1 heterocycles. The van der Waals surface area contributed by atoms with Gasteiger partial charge < -0.3 is 9.47 Å². The average Bonchev–Trinajstić information content (AvgIpc) is 2.92. The van der Waals surface area contributed by atoms with Crippen LogP contribution in [0.15, 0.2) is 73.4 Å². The van der Waals surface area contributed by atoms with Gasteiger partial charge in [-0.25, -0.2) is 4.98 Å². The molecule has 0 aliphatic heterocycles. The first-order chi connectivity index (χ1) is 18.4. The average molecular weight is 638 g/mol. The minimum absolute atomic E-state index is 0.220. The molecule has 4 rings (SSSR count). The van der Waals surface area contributed by atoms with Crippen LogP contribution in [-0.4, -0.2) is 22.5 Å². The Morgan fingerprint density at radius 2 is 1.87 bits per heavy atom. The molecule has 7 nitrogen and oxygen atoms in total. The molecule has 0 saturated heterocycles. The van der Waals surface area contributed by atoms with Gasteiger partial charge in [0, 0.05) is 26.5 Å². The summed E-state index contributed by atoms with van der Waals surface area (Å²) in [7, 11) is 0. The molecule has 3 aromatic carbocycles. The molecule has 38 heavy (non-hydrogen) atoms. The summed E-state index contributed by atoms with van der Waals surface area (Å²) in [4.78, 5) is 18.1. The van der Waals surface area contributed by atoms with Crippen molar-refractivity contribution in [1.29, 1.82) is 5.26 Å². The Morgan fingerprint density at radius 1 is 1.08 bits per heavy atom. The number of aromatic nitrogens is 2. The molecule has 0 aliphatic rings. The van der Waals surface area contributed by atoms with E-state index in [1.165, 1.54) is 4.68 Å². The third kappa shape index (κ3) is 6.32. The van der Waals surface area contributed by atoms with Crippen LogP contribution in [0.5, 0.6) is 11.5 Å². The number of hydrogen-bond acceptors (Lipinski definition) is 6. The predicted molar refractivity (Wildman–Crippen MR) is 156 cm³/mol. The molecule has 0 saturated carbocycles. The zero-order valence-corrected chi connectivity index (χ0v) is 24.3. The SMILES string of the molecule is CCCCc1nc2ccc(Br)cc2c(=O)n1N=Cc1cc(OCC)c(OCc2ccccc2C#N)cc1Br. The third-order valence-electron chi connectivity index (χ3n) is 5.83. The van der Waals surface area contributed by atoms with E-state index >= 15 is 0 Å². The van der Waals surface area contributed by atoms with Crippen LogP contribution in [0, 0.1) is 11.3 Å². The highest BCUT2D eigenvalue weighted by molar-refractivity contribution is 9.10. The Balaban J connectivity index is 1.70. The molecule has 0 N–H and O–H groups in total. The second-order valence-electron chi connectivity index (χ2n) is 8.47. The number of halogens is 2. The van der Waals surface area contributed by atoms with Crippen molar-refractivity contribution < 1.29 is 9.47 Å². The van der Waals surface area contributed by atoms with E-state index in [1.807, 2.05) is 43.3 Å². The van der Waals surface area contributed by atoms with Crippen LogP contribution < -0.4 is 15.0 Å². The molecule has 0 unspecified atom stereocenters. The molecular formula is C29H26Br2N4O3. The molecule has 194 valence electrons. The fourth-order valence-corrected chi connectivity index (χ4v) is 4.66. The molecule has 1 aromatic heterocycles. The summed E-state index contributed by atoms with van der Waals surface area (Å²) in [6.07, 6.45) is 4.12. The lowest BCUT2D eigenvalue weighted by Crippen LogP contribution is -2.22. The Hall–Kier alpha value is -3.48. The van der Waals surface area contributed by atoms with Crippen molar-refractivity contribution in [1.82, 2.24) is 9.66 Å². The third-order valence-corrected chi connectivity index (χ3v) is 7.01. The van der Waals surface area contributed by atoms with Gasteiger partial charge in [0.15, 0.2) is 11.5 Å². The van der Waals surface area contributed by atoms with Crippen molar-refractivity contribution in [2.24, 2.45) is 5.10 Å². The maximum atomic E-state index is 13.4. The number of benzene rings is 3. The van der Waals surface area contributed by atoms with Gasteiger partial charge in [-0.3, -0.25) is 4.79 Å². The highest BCUT2D eigenvalue weighted by atomic mass is 79.9. The van der Waals surface area contributed by atoms with Gasteiger partial charge in [-0.1, -0.05) is 47.5 Å². The van der Waals surface area contributed by atoms with Gasteiger partial charge in [-0.2, -0.15) is 15.0 Å². The molecular weight excluding hydrogens is 612 g/mol. The minimum atomic E-state index is -0.226. The molecule has 0 amide bonds. The maximum absolute atomic E-state index is 13.4. The van der Waals surface area contributed by atoms with E-state index in [1.54, 1.807) is 24.4 Å². The van der Waals surface area contributed by atoms with Crippen molar-refractivity contribution >= 4 is 49.0 Å². The first kappa shape index (κ1) is 27.6. The summed E-state index contributed by atoms with van der Waals surface area (Å²) >= 11 is 7.04. The van der Waals surface area contributed by atoms with Crippen molar-refractivity contribution in [2.45, 2.75) is 39.7 Å². The van der Waals surface area contributed by atoms with E-state index in [9.17, 15) is 10.1 Å². The lowest BCUT2D eigenvalue weighted by atomic mass is 10.1. The summed E-state index contributed by atoms with van der Waals surface area (Å²) in [6, 6.07) is 18.6. The topological polar surface area (TPSA) is 89.5 Å². The summed E-state index contributed by atoms with van der Waals surface area (Å²) in [6.45, 7) is 4.65. The number of nitrogens with zero attached hydrogens (tertiary/aromatic N) is 4. The van der Waals surface area contributed by atoms with E-state index in [0.29, 0.717) is 56.9 Å². The number of aryl methyl sites for hydroxylation is 1. The molecule has 4 aromatic rings. The number of fused-ring (bicyclic) bond motifs is 1. The van der Waals surface area contributed by atoms with Gasteiger partial charge in [-0.15, -0.1) is 0 Å². The summed E-state index contributed by atoms with van der Waals surface area (Å²) in [5.41, 5.74) is 2.48. The van der Waals surface area contributed by atoms with Gasteiger partial charge >= 0.3 is 0 Å². The zero-order valence-electron chi connectivity index (χ0n) is 21.1. The normalized spacial score (nSPS) is 11.1. The number of rotatable bonds is 10. The Labute approximate surface area is 238 Å². The van der Waals surface area contributed by atoms with Gasteiger partial charge in [0.05, 0.1) is 35.4 Å². The molecule has 0 fully saturated rings. The van der Waals surface area contributed by atoms with Crippen molar-refractivity contribution in [3.63, 3.8) is 0 Å². The molecule has 0 bridgehead atoms. The van der Waals surface area contributed by atoms with E-state index in [-0.39, 0.29) is 12.2 Å². The van der Waals surface area contributed by atoms with Crippen LogP contribution in [0.4, 0.5) is 0 Å². The highest BCUT2D eigenvalue weighted by Crippen LogP contribution is 2.34. The van der Waals surface area contributed by atoms with Crippen LogP contribution in [0.3, 0.4) is 0 Å². The maximum Gasteiger partial charge on any atom is 0.282 e. The van der Waals surface area contributed by atoms with Crippen LogP contribution in [0.1, 0.15) is 49.2 Å². The van der Waals surface area contributed by atoms with Crippen molar-refractivity contribution in [3.05, 3.63) is 96.4 Å². The lowest BCUT2D eigenvalue weighted by molar-refractivity contribution is 0.269. The van der Waals surface area contributed by atoms with E-state index in [4.69, 9.17) is 14.5 Å². The van der Waals surface area contributed by atoms with Crippen LogP contribution in [0.2, 0.25) is 0 Å². The summed E-state index contributed by atoms with van der Waals surface area (Å²) in [5, 5.41) is 14.4. The summed E-state index contributed by atoms with van der Waals surface area (Å²) < 4.78 is 14.8. The van der Waals surface area contributed by atoms with E-state index < -0.39 is 0 Å². The van der Waals surface area contributed by atoms with Gasteiger partial charge in [0.25, 0.3) is 5.56 Å². The Morgan fingerprint density at radius 3 is 2.63 bits per heavy atom. The largest absolute Gasteiger partial charge is 0.490 e. The highest BCUT2D eigenvalue weighted by Gasteiger charge is 2.14. The monoisotopic (exact) mass is 636 g/mol. The zero-order chi connectivity index (χ0) is 27.1. The molecule has 0 aliphatic carbocycles. The Bertz CT molecular complexity index is 1590. The van der Waals surface area contributed by atoms with Crippen molar-refractivity contribution in [2.75, 3.05) is 6.61 Å². The molecule has 0 atom stereocenters. The smallest absolute Gasteiger partial charge is 0.282 e. The second-order valence-corrected chi connectivity index (χ2v) is 10.2. The number of hydrogen-bond donors (Lipinski definition) is 0.